The van der Waals surface area contributed by atoms with Crippen molar-refractivity contribution >= 4 is 5.91 Å². The zero-order valence-electron chi connectivity index (χ0n) is 15.4. The van der Waals surface area contributed by atoms with E-state index >= 15 is 0 Å². The molecule has 0 aliphatic carbocycles. The summed E-state index contributed by atoms with van der Waals surface area (Å²) in [7, 11) is 0. The lowest BCUT2D eigenvalue weighted by Gasteiger charge is -2.32. The smallest absolute Gasteiger partial charge is 0.253 e. The first-order valence-corrected chi connectivity index (χ1v) is 8.78. The van der Waals surface area contributed by atoms with Gasteiger partial charge in [-0.15, -0.1) is 0 Å². The molecule has 3 rings (SSSR count). The Bertz CT molecular complexity index is 760. The molecule has 0 N–H and O–H groups in total. The van der Waals surface area contributed by atoms with E-state index in [-0.39, 0.29) is 12.0 Å². The van der Waals surface area contributed by atoms with Gasteiger partial charge in [0.05, 0.1) is 0 Å². The van der Waals surface area contributed by atoms with Gasteiger partial charge in [0.25, 0.3) is 5.91 Å². The Labute approximate surface area is 149 Å². The Morgan fingerprint density at radius 1 is 1.04 bits per heavy atom. The molecule has 0 saturated carbocycles. The third-order valence-electron chi connectivity index (χ3n) is 4.71. The summed E-state index contributed by atoms with van der Waals surface area (Å²) < 4.78 is 6.00. The summed E-state index contributed by atoms with van der Waals surface area (Å²) in [6.45, 7) is 9.32. The van der Waals surface area contributed by atoms with E-state index in [0.29, 0.717) is 19.0 Å². The lowest BCUT2D eigenvalue weighted by atomic mass is 10.0. The van der Waals surface area contributed by atoms with Gasteiger partial charge in [-0.1, -0.05) is 6.07 Å². The summed E-state index contributed by atoms with van der Waals surface area (Å²) in [5.74, 6) is 1.46. The van der Waals surface area contributed by atoms with Gasteiger partial charge in [-0.05, 0) is 51.0 Å². The maximum absolute atomic E-state index is 12.7. The summed E-state index contributed by atoms with van der Waals surface area (Å²) in [6, 6.07) is 7.77. The highest BCUT2D eigenvalue weighted by atomic mass is 16.5. The van der Waals surface area contributed by atoms with Gasteiger partial charge >= 0.3 is 0 Å². The third-order valence-corrected chi connectivity index (χ3v) is 4.71. The molecule has 5 heteroatoms. The van der Waals surface area contributed by atoms with E-state index in [0.717, 1.165) is 35.5 Å². The van der Waals surface area contributed by atoms with Crippen molar-refractivity contribution in [3.05, 3.63) is 52.5 Å². The quantitative estimate of drug-likeness (QED) is 0.860. The maximum Gasteiger partial charge on any atom is 0.253 e. The number of ether oxygens (including phenoxy) is 1. The minimum atomic E-state index is 0.0949. The highest BCUT2D eigenvalue weighted by Gasteiger charge is 2.25. The number of hydrogen-bond acceptors (Lipinski definition) is 4. The third kappa shape index (κ3) is 4.16. The van der Waals surface area contributed by atoms with Crippen molar-refractivity contribution in [2.24, 2.45) is 0 Å². The second-order valence-electron chi connectivity index (χ2n) is 6.80. The molecule has 1 aliphatic heterocycles. The first-order chi connectivity index (χ1) is 11.9. The number of rotatable bonds is 3. The van der Waals surface area contributed by atoms with E-state index < -0.39 is 0 Å². The van der Waals surface area contributed by atoms with Crippen LogP contribution in [-0.2, 0) is 0 Å². The highest BCUT2D eigenvalue weighted by Crippen LogP contribution is 2.20. The number of carbonyl (C=O) groups excluding carboxylic acids is 1. The SMILES string of the molecule is Cc1cc(OC2CCN(C(=O)c3ccc(C)c(C)c3)CC2)nc(C)n1. The van der Waals surface area contributed by atoms with Crippen LogP contribution in [0.3, 0.4) is 0 Å². The normalized spacial score (nSPS) is 15.3. The fourth-order valence-corrected chi connectivity index (χ4v) is 3.15. The predicted octanol–water partition coefficient (Wildman–Crippen LogP) is 3.39. The van der Waals surface area contributed by atoms with E-state index in [1.165, 1.54) is 5.56 Å². The van der Waals surface area contributed by atoms with E-state index in [1.54, 1.807) is 0 Å². The van der Waals surface area contributed by atoms with Gasteiger partial charge in [0, 0.05) is 43.3 Å². The molecule has 1 fully saturated rings. The fraction of sp³-hybridized carbons (Fsp3) is 0.450. The molecule has 0 spiro atoms. The first-order valence-electron chi connectivity index (χ1n) is 8.78. The van der Waals surface area contributed by atoms with Crippen LogP contribution in [0, 0.1) is 27.7 Å². The standard InChI is InChI=1S/C20H25N3O2/c1-13-5-6-17(11-14(13)2)20(24)23-9-7-18(8-10-23)25-19-12-15(3)21-16(4)22-19/h5-6,11-12,18H,7-10H2,1-4H3. The van der Waals surface area contributed by atoms with Crippen molar-refractivity contribution in [3.63, 3.8) is 0 Å². The molecule has 2 aromatic rings. The number of amides is 1. The fourth-order valence-electron chi connectivity index (χ4n) is 3.15. The average molecular weight is 339 g/mol. The number of aromatic nitrogens is 2. The van der Waals surface area contributed by atoms with Gasteiger partial charge in [0.2, 0.25) is 5.88 Å². The van der Waals surface area contributed by atoms with Crippen LogP contribution in [0.2, 0.25) is 0 Å². The second-order valence-corrected chi connectivity index (χ2v) is 6.80. The molecule has 132 valence electrons. The average Bonchev–Trinajstić information content (AvgIpc) is 2.56. The summed E-state index contributed by atoms with van der Waals surface area (Å²) in [5, 5.41) is 0. The van der Waals surface area contributed by atoms with Crippen molar-refractivity contribution in [2.75, 3.05) is 13.1 Å². The highest BCUT2D eigenvalue weighted by molar-refractivity contribution is 5.94. The van der Waals surface area contributed by atoms with E-state index in [9.17, 15) is 4.79 Å². The van der Waals surface area contributed by atoms with Gasteiger partial charge in [-0.2, -0.15) is 4.98 Å². The molecular formula is C20H25N3O2. The van der Waals surface area contributed by atoms with Crippen LogP contribution in [0.5, 0.6) is 5.88 Å². The van der Waals surface area contributed by atoms with Gasteiger partial charge in [-0.25, -0.2) is 4.98 Å². The molecule has 0 unspecified atom stereocenters. The number of piperidine rings is 1. The Balaban J connectivity index is 1.59. The van der Waals surface area contributed by atoms with Crippen LogP contribution in [0.4, 0.5) is 0 Å². The van der Waals surface area contributed by atoms with Crippen LogP contribution in [-0.4, -0.2) is 40.0 Å². The molecule has 0 atom stereocenters. The number of aryl methyl sites for hydroxylation is 4. The summed E-state index contributed by atoms with van der Waals surface area (Å²) in [4.78, 5) is 23.2. The van der Waals surface area contributed by atoms with Crippen molar-refractivity contribution in [1.29, 1.82) is 0 Å². The lowest BCUT2D eigenvalue weighted by molar-refractivity contribution is 0.0587. The maximum atomic E-state index is 12.7. The molecule has 1 saturated heterocycles. The monoisotopic (exact) mass is 339 g/mol. The van der Waals surface area contributed by atoms with Gasteiger partial charge < -0.3 is 9.64 Å². The molecule has 0 radical (unpaired) electrons. The Hall–Kier alpha value is -2.43. The minimum absolute atomic E-state index is 0.0949. The predicted molar refractivity (Wildman–Crippen MR) is 97.0 cm³/mol. The second kappa shape index (κ2) is 7.21. The van der Waals surface area contributed by atoms with Crippen molar-refractivity contribution in [2.45, 2.75) is 46.6 Å². The lowest BCUT2D eigenvalue weighted by Crippen LogP contribution is -2.41. The van der Waals surface area contributed by atoms with Crippen LogP contribution < -0.4 is 4.74 Å². The largest absolute Gasteiger partial charge is 0.474 e. The van der Waals surface area contributed by atoms with Gasteiger partial charge in [-0.3, -0.25) is 4.79 Å². The summed E-state index contributed by atoms with van der Waals surface area (Å²) >= 11 is 0. The van der Waals surface area contributed by atoms with Crippen LogP contribution >= 0.6 is 0 Å². The molecule has 2 heterocycles. The van der Waals surface area contributed by atoms with E-state index in [2.05, 4.69) is 16.9 Å². The Morgan fingerprint density at radius 3 is 2.40 bits per heavy atom. The molecule has 1 amide bonds. The van der Waals surface area contributed by atoms with Gasteiger partial charge in [0.1, 0.15) is 11.9 Å². The number of carbonyl (C=O) groups is 1. The Kier molecular flexibility index (Phi) is 5.02. The molecule has 5 nitrogen and oxygen atoms in total. The molecular weight excluding hydrogens is 314 g/mol. The molecule has 1 aromatic heterocycles. The first kappa shape index (κ1) is 17.4. The van der Waals surface area contributed by atoms with Crippen LogP contribution in [0.1, 0.15) is 45.8 Å². The summed E-state index contributed by atoms with van der Waals surface area (Å²) in [6.07, 6.45) is 1.73. The number of benzene rings is 1. The van der Waals surface area contributed by atoms with Crippen molar-refractivity contribution in [3.8, 4) is 5.88 Å². The minimum Gasteiger partial charge on any atom is -0.474 e. The molecule has 25 heavy (non-hydrogen) atoms. The number of likely N-dealkylation sites (tertiary alicyclic amines) is 1. The van der Waals surface area contributed by atoms with Crippen molar-refractivity contribution < 1.29 is 9.53 Å². The number of hydrogen-bond donors (Lipinski definition) is 0. The van der Waals surface area contributed by atoms with Crippen molar-refractivity contribution in [1.82, 2.24) is 14.9 Å². The van der Waals surface area contributed by atoms with Crippen LogP contribution in [0.15, 0.2) is 24.3 Å². The van der Waals surface area contributed by atoms with E-state index in [1.807, 2.05) is 49.9 Å². The molecule has 0 bridgehead atoms. The van der Waals surface area contributed by atoms with Crippen LogP contribution in [0.25, 0.3) is 0 Å². The van der Waals surface area contributed by atoms with Gasteiger partial charge in [0.15, 0.2) is 0 Å². The summed E-state index contributed by atoms with van der Waals surface area (Å²) in [5.41, 5.74) is 4.03. The Morgan fingerprint density at radius 2 is 1.76 bits per heavy atom. The zero-order chi connectivity index (χ0) is 18.0. The molecule has 1 aliphatic rings. The number of nitrogens with zero attached hydrogens (tertiary/aromatic N) is 3. The zero-order valence-corrected chi connectivity index (χ0v) is 15.4. The molecule has 1 aromatic carbocycles. The van der Waals surface area contributed by atoms with E-state index in [4.69, 9.17) is 4.74 Å². The topological polar surface area (TPSA) is 55.3 Å².